The van der Waals surface area contributed by atoms with Crippen LogP contribution in [0, 0.1) is 6.92 Å². The van der Waals surface area contributed by atoms with Crippen LogP contribution >= 0.6 is 0 Å². The number of aliphatic imine (C=N–C) groups is 1. The Morgan fingerprint density at radius 1 is 1.23 bits per heavy atom. The summed E-state index contributed by atoms with van der Waals surface area (Å²) >= 11 is 0. The second kappa shape index (κ2) is 8.01. The van der Waals surface area contributed by atoms with E-state index in [-0.39, 0.29) is 17.2 Å². The number of nitrogens with two attached hydrogens (primary N) is 1. The van der Waals surface area contributed by atoms with Gasteiger partial charge in [-0.15, -0.1) is 0 Å². The molecule has 1 fully saturated rings. The molecule has 3 rings (SSSR count). The minimum Gasteiger partial charge on any atom is -0.370 e. The van der Waals surface area contributed by atoms with Gasteiger partial charge in [0.15, 0.2) is 5.96 Å². The number of guanidine groups is 1. The molecule has 0 radical (unpaired) electrons. The van der Waals surface area contributed by atoms with Crippen molar-refractivity contribution >= 4 is 17.4 Å². The van der Waals surface area contributed by atoms with Crippen LogP contribution < -0.4 is 16.7 Å². The third kappa shape index (κ3) is 4.40. The van der Waals surface area contributed by atoms with E-state index < -0.39 is 0 Å². The van der Waals surface area contributed by atoms with Crippen LogP contribution in [0.25, 0.3) is 0 Å². The number of hydrogen-bond acceptors (Lipinski definition) is 4. The van der Waals surface area contributed by atoms with Crippen LogP contribution in [-0.4, -0.2) is 52.8 Å². The number of ketones is 1. The first-order valence-corrected chi connectivity index (χ1v) is 8.76. The van der Waals surface area contributed by atoms with Gasteiger partial charge in [0.05, 0.1) is 6.54 Å². The fraction of sp³-hybridized carbons (Fsp3) is 0.389. The summed E-state index contributed by atoms with van der Waals surface area (Å²) in [5, 5.41) is 3.02. The van der Waals surface area contributed by atoms with E-state index in [1.807, 2.05) is 0 Å². The number of imidazole rings is 1. The first-order chi connectivity index (χ1) is 12.5. The fourth-order valence-corrected chi connectivity index (χ4v) is 3.05. The first kappa shape index (κ1) is 17.9. The SMILES string of the molecule is Cc1[nH]c(=O)[nH]c1C(=O)c1ccc(NC(N)=NCCN2CCCC2)cc1. The molecule has 2 aromatic rings. The van der Waals surface area contributed by atoms with Crippen LogP contribution in [0.1, 0.15) is 34.6 Å². The number of H-pyrrole nitrogens is 2. The van der Waals surface area contributed by atoms with Crippen molar-refractivity contribution in [2.24, 2.45) is 10.7 Å². The number of carbonyl (C=O) groups is 1. The highest BCUT2D eigenvalue weighted by Gasteiger charge is 2.14. The van der Waals surface area contributed by atoms with Crippen LogP contribution in [0.3, 0.4) is 0 Å². The molecule has 0 bridgehead atoms. The van der Waals surface area contributed by atoms with Crippen molar-refractivity contribution in [2.45, 2.75) is 19.8 Å². The van der Waals surface area contributed by atoms with Crippen LogP contribution in [0.15, 0.2) is 34.1 Å². The Labute approximate surface area is 151 Å². The maximum Gasteiger partial charge on any atom is 0.323 e. The summed E-state index contributed by atoms with van der Waals surface area (Å²) in [6, 6.07) is 6.90. The molecule has 1 saturated heterocycles. The van der Waals surface area contributed by atoms with E-state index in [0.29, 0.717) is 23.8 Å². The highest BCUT2D eigenvalue weighted by Crippen LogP contribution is 2.13. The highest BCUT2D eigenvalue weighted by molar-refractivity contribution is 6.08. The number of benzene rings is 1. The predicted octanol–water partition coefficient (Wildman–Crippen LogP) is 1.06. The van der Waals surface area contributed by atoms with Gasteiger partial charge in [-0.1, -0.05) is 0 Å². The van der Waals surface area contributed by atoms with Crippen LogP contribution in [0.2, 0.25) is 0 Å². The van der Waals surface area contributed by atoms with E-state index in [4.69, 9.17) is 5.73 Å². The molecule has 0 saturated carbocycles. The molecular weight excluding hydrogens is 332 g/mol. The molecule has 1 aromatic carbocycles. The average molecular weight is 356 g/mol. The quantitative estimate of drug-likeness (QED) is 0.351. The van der Waals surface area contributed by atoms with E-state index in [1.54, 1.807) is 31.2 Å². The van der Waals surface area contributed by atoms with Crippen molar-refractivity contribution < 1.29 is 4.79 Å². The van der Waals surface area contributed by atoms with Gasteiger partial charge in [-0.25, -0.2) is 4.79 Å². The summed E-state index contributed by atoms with van der Waals surface area (Å²) in [5.41, 5.74) is 7.56. The molecule has 0 spiro atoms. The molecule has 8 heteroatoms. The van der Waals surface area contributed by atoms with E-state index >= 15 is 0 Å². The lowest BCUT2D eigenvalue weighted by Gasteiger charge is -2.12. The van der Waals surface area contributed by atoms with Gasteiger partial charge in [0.25, 0.3) is 0 Å². The van der Waals surface area contributed by atoms with Crippen molar-refractivity contribution in [3.63, 3.8) is 0 Å². The Bertz CT molecular complexity index is 843. The van der Waals surface area contributed by atoms with E-state index in [2.05, 4.69) is 25.2 Å². The zero-order valence-corrected chi connectivity index (χ0v) is 14.8. The normalized spacial score (nSPS) is 15.3. The zero-order chi connectivity index (χ0) is 18.5. The second-order valence-electron chi connectivity index (χ2n) is 6.43. The van der Waals surface area contributed by atoms with Gasteiger partial charge in [0.2, 0.25) is 5.78 Å². The number of anilines is 1. The number of aromatic amines is 2. The van der Waals surface area contributed by atoms with Gasteiger partial charge in [0.1, 0.15) is 5.69 Å². The van der Waals surface area contributed by atoms with Gasteiger partial charge in [-0.3, -0.25) is 9.79 Å². The molecule has 0 aliphatic carbocycles. The molecule has 2 heterocycles. The zero-order valence-electron chi connectivity index (χ0n) is 14.8. The summed E-state index contributed by atoms with van der Waals surface area (Å²) in [7, 11) is 0. The number of carbonyl (C=O) groups excluding carboxylic acids is 1. The van der Waals surface area contributed by atoms with Gasteiger partial charge in [0, 0.05) is 23.5 Å². The number of hydrogen-bond donors (Lipinski definition) is 4. The van der Waals surface area contributed by atoms with Crippen LogP contribution in [0.5, 0.6) is 0 Å². The number of aryl methyl sites for hydroxylation is 1. The van der Waals surface area contributed by atoms with Crippen LogP contribution in [0.4, 0.5) is 5.69 Å². The Balaban J connectivity index is 1.57. The average Bonchev–Trinajstić information content (AvgIpc) is 3.24. The molecule has 0 amide bonds. The molecule has 0 unspecified atom stereocenters. The van der Waals surface area contributed by atoms with E-state index in [0.717, 1.165) is 25.3 Å². The molecule has 8 nitrogen and oxygen atoms in total. The van der Waals surface area contributed by atoms with E-state index in [9.17, 15) is 9.59 Å². The molecule has 5 N–H and O–H groups in total. The lowest BCUT2D eigenvalue weighted by Crippen LogP contribution is -2.26. The fourth-order valence-electron chi connectivity index (χ4n) is 3.05. The third-order valence-electron chi connectivity index (χ3n) is 4.46. The summed E-state index contributed by atoms with van der Waals surface area (Å²) in [4.78, 5) is 35.5. The van der Waals surface area contributed by atoms with Gasteiger partial charge in [-0.2, -0.15) is 0 Å². The standard InChI is InChI=1S/C18H24N6O2/c1-12-15(23-18(26)21-12)16(25)13-4-6-14(7-5-13)22-17(19)20-8-11-24-9-2-3-10-24/h4-7H,2-3,8-11H2,1H3,(H3,19,20,22)(H2,21,23,26). The molecule has 0 atom stereocenters. The Morgan fingerprint density at radius 3 is 2.54 bits per heavy atom. The number of nitrogens with one attached hydrogen (secondary N) is 3. The smallest absolute Gasteiger partial charge is 0.323 e. The maximum atomic E-state index is 12.4. The largest absolute Gasteiger partial charge is 0.370 e. The Hall–Kier alpha value is -2.87. The van der Waals surface area contributed by atoms with Crippen molar-refractivity contribution in [1.82, 2.24) is 14.9 Å². The third-order valence-corrected chi connectivity index (χ3v) is 4.46. The summed E-state index contributed by atoms with van der Waals surface area (Å²) in [6.07, 6.45) is 2.53. The topological polar surface area (TPSA) is 119 Å². The molecular formula is C18H24N6O2. The molecule has 1 aliphatic heterocycles. The minimum atomic E-state index is -0.387. The Morgan fingerprint density at radius 2 is 1.92 bits per heavy atom. The number of nitrogens with zero attached hydrogens (tertiary/aromatic N) is 2. The van der Waals surface area contributed by atoms with Crippen molar-refractivity contribution in [1.29, 1.82) is 0 Å². The predicted molar refractivity (Wildman–Crippen MR) is 102 cm³/mol. The maximum absolute atomic E-state index is 12.4. The summed E-state index contributed by atoms with van der Waals surface area (Å²) < 4.78 is 0. The molecule has 1 aliphatic rings. The first-order valence-electron chi connectivity index (χ1n) is 8.76. The number of likely N-dealkylation sites (tertiary alicyclic amines) is 1. The minimum absolute atomic E-state index is 0.236. The van der Waals surface area contributed by atoms with Gasteiger partial charge >= 0.3 is 5.69 Å². The lowest BCUT2D eigenvalue weighted by atomic mass is 10.1. The summed E-state index contributed by atoms with van der Waals surface area (Å²) in [5.74, 6) is 0.119. The number of rotatable bonds is 6. The highest BCUT2D eigenvalue weighted by atomic mass is 16.1. The van der Waals surface area contributed by atoms with Crippen molar-refractivity contribution in [3.05, 3.63) is 51.7 Å². The Kier molecular flexibility index (Phi) is 5.52. The van der Waals surface area contributed by atoms with Crippen molar-refractivity contribution in [2.75, 3.05) is 31.5 Å². The monoisotopic (exact) mass is 356 g/mol. The van der Waals surface area contributed by atoms with Crippen LogP contribution in [-0.2, 0) is 0 Å². The summed E-state index contributed by atoms with van der Waals surface area (Å²) in [6.45, 7) is 5.55. The van der Waals surface area contributed by atoms with Gasteiger partial charge in [-0.05, 0) is 57.1 Å². The molecule has 1 aromatic heterocycles. The van der Waals surface area contributed by atoms with Gasteiger partial charge < -0.3 is 25.9 Å². The number of aromatic nitrogens is 2. The van der Waals surface area contributed by atoms with E-state index in [1.165, 1.54) is 12.8 Å². The lowest BCUT2D eigenvalue weighted by molar-refractivity contribution is 0.103. The molecule has 26 heavy (non-hydrogen) atoms. The molecule has 138 valence electrons. The second-order valence-corrected chi connectivity index (χ2v) is 6.43. The van der Waals surface area contributed by atoms with Crippen molar-refractivity contribution in [3.8, 4) is 0 Å².